The Labute approximate surface area is 73.9 Å². The maximum absolute atomic E-state index is 10.9. The second-order valence-corrected chi connectivity index (χ2v) is 3.59. The molecule has 70 valence electrons. The van der Waals surface area contributed by atoms with E-state index >= 15 is 0 Å². The van der Waals surface area contributed by atoms with Crippen LogP contribution in [0.3, 0.4) is 0 Å². The highest BCUT2D eigenvalue weighted by molar-refractivity contribution is 5.71. The predicted octanol–water partition coefficient (Wildman–Crippen LogP) is 1.72. The van der Waals surface area contributed by atoms with Crippen molar-refractivity contribution in [1.29, 1.82) is 0 Å². The first-order chi connectivity index (χ1) is 5.72. The van der Waals surface area contributed by atoms with Crippen LogP contribution in [0, 0.1) is 0 Å². The average molecular weight is 170 g/mol. The molecule has 0 saturated heterocycles. The van der Waals surface area contributed by atoms with E-state index in [1.807, 2.05) is 0 Å². The molecule has 3 nitrogen and oxygen atoms in total. The Hall–Kier alpha value is -0.730. The molecule has 1 aliphatic carbocycles. The lowest BCUT2D eigenvalue weighted by Gasteiger charge is -2.25. The number of rotatable bonds is 1. The smallest absolute Gasteiger partial charge is 0.314 e. The molecule has 1 aliphatic rings. The number of carbonyl (C=O) groups is 1. The van der Waals surface area contributed by atoms with Gasteiger partial charge >= 0.3 is 6.03 Å². The van der Waals surface area contributed by atoms with Gasteiger partial charge in [0.25, 0.3) is 0 Å². The van der Waals surface area contributed by atoms with Crippen LogP contribution < -0.4 is 5.73 Å². The van der Waals surface area contributed by atoms with E-state index in [2.05, 4.69) is 0 Å². The Morgan fingerprint density at radius 2 is 1.75 bits per heavy atom. The minimum Gasteiger partial charge on any atom is -0.351 e. The van der Waals surface area contributed by atoms with E-state index < -0.39 is 0 Å². The molecule has 0 atom stereocenters. The summed E-state index contributed by atoms with van der Waals surface area (Å²) in [5.74, 6) is 0. The zero-order chi connectivity index (χ0) is 8.97. The lowest BCUT2D eigenvalue weighted by atomic mass is 10.1. The molecule has 0 aromatic rings. The summed E-state index contributed by atoms with van der Waals surface area (Å²) < 4.78 is 0. The van der Waals surface area contributed by atoms with Crippen molar-refractivity contribution in [3.8, 4) is 0 Å². The molecule has 0 aromatic carbocycles. The molecule has 12 heavy (non-hydrogen) atoms. The quantitative estimate of drug-likeness (QED) is 0.598. The van der Waals surface area contributed by atoms with Crippen LogP contribution in [-0.4, -0.2) is 24.0 Å². The number of nitrogens with two attached hydrogens (primary N) is 1. The van der Waals surface area contributed by atoms with E-state index in [-0.39, 0.29) is 6.03 Å². The minimum absolute atomic E-state index is 0.290. The SMILES string of the molecule is CN(C(N)=O)C1CCCCCC1. The number of urea groups is 1. The Balaban J connectivity index is 2.42. The van der Waals surface area contributed by atoms with Crippen molar-refractivity contribution in [3.05, 3.63) is 0 Å². The summed E-state index contributed by atoms with van der Waals surface area (Å²) in [5, 5.41) is 0. The maximum atomic E-state index is 10.9. The van der Waals surface area contributed by atoms with Crippen molar-refractivity contribution < 1.29 is 4.79 Å². The fourth-order valence-corrected chi connectivity index (χ4v) is 1.83. The monoisotopic (exact) mass is 170 g/mol. The van der Waals surface area contributed by atoms with Crippen molar-refractivity contribution in [2.24, 2.45) is 5.73 Å². The molecule has 1 fully saturated rings. The van der Waals surface area contributed by atoms with Crippen molar-refractivity contribution in [1.82, 2.24) is 4.90 Å². The van der Waals surface area contributed by atoms with Crippen LogP contribution in [0.2, 0.25) is 0 Å². The van der Waals surface area contributed by atoms with Gasteiger partial charge < -0.3 is 10.6 Å². The highest BCUT2D eigenvalue weighted by Gasteiger charge is 2.18. The fraction of sp³-hybridized carbons (Fsp3) is 0.889. The third-order valence-electron chi connectivity index (χ3n) is 2.72. The Kier molecular flexibility index (Phi) is 3.38. The standard InChI is InChI=1S/C9H18N2O/c1-11(9(10)12)8-6-4-2-3-5-7-8/h8H,2-7H2,1H3,(H2,10,12). The average Bonchev–Trinajstić information content (AvgIpc) is 2.30. The number of hydrogen-bond acceptors (Lipinski definition) is 1. The lowest BCUT2D eigenvalue weighted by molar-refractivity contribution is 0.193. The summed E-state index contributed by atoms with van der Waals surface area (Å²) in [7, 11) is 1.80. The Morgan fingerprint density at radius 3 is 2.17 bits per heavy atom. The normalized spacial score (nSPS) is 20.1. The summed E-state index contributed by atoms with van der Waals surface area (Å²) >= 11 is 0. The Bertz CT molecular complexity index is 151. The first-order valence-corrected chi connectivity index (χ1v) is 4.74. The van der Waals surface area contributed by atoms with Crippen molar-refractivity contribution >= 4 is 6.03 Å². The second-order valence-electron chi connectivity index (χ2n) is 3.59. The van der Waals surface area contributed by atoms with Gasteiger partial charge in [0.1, 0.15) is 0 Å². The number of amides is 2. The molecule has 3 heteroatoms. The van der Waals surface area contributed by atoms with E-state index in [1.54, 1.807) is 11.9 Å². The molecule has 0 aliphatic heterocycles. The molecule has 1 saturated carbocycles. The highest BCUT2D eigenvalue weighted by Crippen LogP contribution is 2.20. The summed E-state index contributed by atoms with van der Waals surface area (Å²) in [6.07, 6.45) is 7.34. The number of hydrogen-bond donors (Lipinski definition) is 1. The van der Waals surface area contributed by atoms with Gasteiger partial charge in [-0.15, -0.1) is 0 Å². The molecular weight excluding hydrogens is 152 g/mol. The van der Waals surface area contributed by atoms with Gasteiger partial charge in [0.05, 0.1) is 0 Å². The first-order valence-electron chi connectivity index (χ1n) is 4.74. The first kappa shape index (κ1) is 9.36. The van der Waals surface area contributed by atoms with Crippen LogP contribution in [0.15, 0.2) is 0 Å². The fourth-order valence-electron chi connectivity index (χ4n) is 1.83. The largest absolute Gasteiger partial charge is 0.351 e. The number of carbonyl (C=O) groups excluding carboxylic acids is 1. The molecule has 0 radical (unpaired) electrons. The molecule has 1 rings (SSSR count). The van der Waals surface area contributed by atoms with Crippen LogP contribution >= 0.6 is 0 Å². The maximum Gasteiger partial charge on any atom is 0.314 e. The molecule has 2 amide bonds. The van der Waals surface area contributed by atoms with Gasteiger partial charge in [-0.3, -0.25) is 0 Å². The number of nitrogens with zero attached hydrogens (tertiary/aromatic N) is 1. The van der Waals surface area contributed by atoms with Crippen LogP contribution in [0.4, 0.5) is 4.79 Å². The van der Waals surface area contributed by atoms with E-state index in [9.17, 15) is 4.79 Å². The summed E-state index contributed by atoms with van der Waals surface area (Å²) in [6, 6.07) is 0.104. The zero-order valence-corrected chi connectivity index (χ0v) is 7.75. The molecule has 0 heterocycles. The van der Waals surface area contributed by atoms with Gasteiger partial charge in [-0.25, -0.2) is 4.79 Å². The van der Waals surface area contributed by atoms with E-state index in [1.165, 1.54) is 25.7 Å². The Morgan fingerprint density at radius 1 is 1.25 bits per heavy atom. The molecule has 2 N–H and O–H groups in total. The third-order valence-corrected chi connectivity index (χ3v) is 2.72. The van der Waals surface area contributed by atoms with Gasteiger partial charge in [0, 0.05) is 13.1 Å². The molecule has 0 unspecified atom stereocenters. The highest BCUT2D eigenvalue weighted by atomic mass is 16.2. The lowest BCUT2D eigenvalue weighted by Crippen LogP contribution is -2.40. The minimum atomic E-state index is -0.290. The van der Waals surface area contributed by atoms with Gasteiger partial charge in [0.15, 0.2) is 0 Å². The van der Waals surface area contributed by atoms with Crippen molar-refractivity contribution in [2.45, 2.75) is 44.6 Å². The molecule has 0 bridgehead atoms. The van der Waals surface area contributed by atoms with Gasteiger partial charge in [-0.1, -0.05) is 25.7 Å². The topological polar surface area (TPSA) is 46.3 Å². The second kappa shape index (κ2) is 4.33. The summed E-state index contributed by atoms with van der Waals surface area (Å²) in [5.41, 5.74) is 5.20. The zero-order valence-electron chi connectivity index (χ0n) is 7.75. The van der Waals surface area contributed by atoms with E-state index in [0.717, 1.165) is 12.8 Å². The third kappa shape index (κ3) is 2.40. The summed E-state index contributed by atoms with van der Waals surface area (Å²) in [6.45, 7) is 0. The van der Waals surface area contributed by atoms with Crippen LogP contribution in [-0.2, 0) is 0 Å². The molecular formula is C9H18N2O. The van der Waals surface area contributed by atoms with E-state index in [4.69, 9.17) is 5.73 Å². The number of primary amides is 1. The van der Waals surface area contributed by atoms with Gasteiger partial charge in [-0.2, -0.15) is 0 Å². The van der Waals surface area contributed by atoms with Crippen LogP contribution in [0.5, 0.6) is 0 Å². The van der Waals surface area contributed by atoms with Gasteiger partial charge in [0.2, 0.25) is 0 Å². The van der Waals surface area contributed by atoms with Crippen molar-refractivity contribution in [2.75, 3.05) is 7.05 Å². The van der Waals surface area contributed by atoms with Gasteiger partial charge in [-0.05, 0) is 12.8 Å². The van der Waals surface area contributed by atoms with Crippen LogP contribution in [0.25, 0.3) is 0 Å². The molecule has 0 aromatic heterocycles. The van der Waals surface area contributed by atoms with Crippen molar-refractivity contribution in [3.63, 3.8) is 0 Å². The summed E-state index contributed by atoms with van der Waals surface area (Å²) in [4.78, 5) is 12.5. The van der Waals surface area contributed by atoms with Crippen LogP contribution in [0.1, 0.15) is 38.5 Å². The van der Waals surface area contributed by atoms with E-state index in [0.29, 0.717) is 6.04 Å². The predicted molar refractivity (Wildman–Crippen MR) is 48.8 cm³/mol. The molecule has 0 spiro atoms.